The predicted molar refractivity (Wildman–Crippen MR) is 103 cm³/mol. The van der Waals surface area contributed by atoms with Gasteiger partial charge < -0.3 is 28.4 Å². The molecule has 0 radical (unpaired) electrons. The minimum atomic E-state index is -1.40. The highest BCUT2D eigenvalue weighted by Crippen LogP contribution is 2.30. The molecule has 1 aliphatic heterocycles. The summed E-state index contributed by atoms with van der Waals surface area (Å²) in [5, 5.41) is 0. The fraction of sp³-hybridized carbons (Fsp3) is 0.524. The molecule has 0 aromatic heterocycles. The van der Waals surface area contributed by atoms with Crippen molar-refractivity contribution in [1.82, 2.24) is 0 Å². The highest BCUT2D eigenvalue weighted by molar-refractivity contribution is 5.69. The quantitative estimate of drug-likeness (QED) is 0.433. The maximum absolute atomic E-state index is 11.7. The number of benzene rings is 1. The van der Waals surface area contributed by atoms with Crippen LogP contribution in [0.15, 0.2) is 30.3 Å². The van der Waals surface area contributed by atoms with Gasteiger partial charge in [-0.3, -0.25) is 19.2 Å². The van der Waals surface area contributed by atoms with Crippen LogP contribution < -0.4 is 0 Å². The standard InChI is InChI=1S/C21H26O10/c1-12(22)27-18-17(11-26-10-16-8-6-5-7-9-16)31-21(30-15(4)25)20(29-14(3)24)19(18)28-13(2)23/h5-9,17-21H,10-11H2,1-4H3/t17-,18+,19+,20-,21?/m1/s1. The van der Waals surface area contributed by atoms with Crippen molar-refractivity contribution in [2.24, 2.45) is 0 Å². The van der Waals surface area contributed by atoms with E-state index in [4.69, 9.17) is 28.4 Å². The van der Waals surface area contributed by atoms with Crippen molar-refractivity contribution >= 4 is 23.9 Å². The summed E-state index contributed by atoms with van der Waals surface area (Å²) >= 11 is 0. The average molecular weight is 438 g/mol. The Balaban J connectivity index is 2.28. The van der Waals surface area contributed by atoms with Gasteiger partial charge in [-0.05, 0) is 5.56 Å². The second-order valence-electron chi connectivity index (χ2n) is 6.88. The maximum atomic E-state index is 11.7. The van der Waals surface area contributed by atoms with Crippen LogP contribution in [0.1, 0.15) is 33.3 Å². The van der Waals surface area contributed by atoms with Gasteiger partial charge in [0.1, 0.15) is 6.10 Å². The van der Waals surface area contributed by atoms with Crippen molar-refractivity contribution in [2.75, 3.05) is 6.61 Å². The molecule has 5 atom stereocenters. The maximum Gasteiger partial charge on any atom is 0.305 e. The number of ether oxygens (including phenoxy) is 6. The van der Waals surface area contributed by atoms with Crippen LogP contribution in [-0.2, 0) is 54.2 Å². The molecular weight excluding hydrogens is 412 g/mol. The Kier molecular flexibility index (Phi) is 8.95. The van der Waals surface area contributed by atoms with Crippen molar-refractivity contribution in [3.05, 3.63) is 35.9 Å². The summed E-state index contributed by atoms with van der Waals surface area (Å²) in [6.07, 6.45) is -6.18. The third-order valence-corrected chi connectivity index (χ3v) is 4.17. The molecule has 0 amide bonds. The van der Waals surface area contributed by atoms with E-state index >= 15 is 0 Å². The molecule has 1 fully saturated rings. The van der Waals surface area contributed by atoms with E-state index in [2.05, 4.69) is 0 Å². The van der Waals surface area contributed by atoms with Crippen LogP contribution >= 0.6 is 0 Å². The fourth-order valence-electron chi connectivity index (χ4n) is 3.11. The molecule has 0 spiro atoms. The first-order valence-corrected chi connectivity index (χ1v) is 9.63. The van der Waals surface area contributed by atoms with Crippen LogP contribution in [0.4, 0.5) is 0 Å². The lowest BCUT2D eigenvalue weighted by Gasteiger charge is -2.43. The molecule has 0 saturated carbocycles. The van der Waals surface area contributed by atoms with E-state index in [1.165, 1.54) is 6.92 Å². The van der Waals surface area contributed by atoms with E-state index in [1.54, 1.807) is 0 Å². The van der Waals surface area contributed by atoms with E-state index in [0.29, 0.717) is 0 Å². The summed E-state index contributed by atoms with van der Waals surface area (Å²) < 4.78 is 32.4. The summed E-state index contributed by atoms with van der Waals surface area (Å²) in [5.74, 6) is -2.83. The van der Waals surface area contributed by atoms with Crippen molar-refractivity contribution in [3.8, 4) is 0 Å². The summed E-state index contributed by atoms with van der Waals surface area (Å²) in [4.78, 5) is 46.6. The Morgan fingerprint density at radius 2 is 1.26 bits per heavy atom. The Labute approximate surface area is 179 Å². The molecular formula is C21H26O10. The van der Waals surface area contributed by atoms with E-state index < -0.39 is 54.6 Å². The van der Waals surface area contributed by atoms with Gasteiger partial charge in [0.15, 0.2) is 12.2 Å². The molecule has 31 heavy (non-hydrogen) atoms. The van der Waals surface area contributed by atoms with Gasteiger partial charge in [-0.15, -0.1) is 0 Å². The van der Waals surface area contributed by atoms with Crippen LogP contribution in [-0.4, -0.2) is 61.2 Å². The van der Waals surface area contributed by atoms with Gasteiger partial charge in [0.05, 0.1) is 13.2 Å². The number of rotatable bonds is 8. The minimum Gasteiger partial charge on any atom is -0.456 e. The number of carbonyl (C=O) groups excluding carboxylic acids is 4. The Morgan fingerprint density at radius 1 is 0.742 bits per heavy atom. The minimum absolute atomic E-state index is 0.0881. The van der Waals surface area contributed by atoms with Crippen molar-refractivity contribution < 1.29 is 47.6 Å². The molecule has 10 heteroatoms. The van der Waals surface area contributed by atoms with Gasteiger partial charge in [0.25, 0.3) is 0 Å². The topological polar surface area (TPSA) is 124 Å². The van der Waals surface area contributed by atoms with Gasteiger partial charge in [-0.25, -0.2) is 0 Å². The normalized spacial score (nSPS) is 25.2. The summed E-state index contributed by atoms with van der Waals surface area (Å²) in [6.45, 7) is 4.74. The molecule has 170 valence electrons. The zero-order valence-corrected chi connectivity index (χ0v) is 17.8. The lowest BCUT2D eigenvalue weighted by molar-refractivity contribution is -0.301. The summed E-state index contributed by atoms with van der Waals surface area (Å²) in [5.41, 5.74) is 0.896. The molecule has 10 nitrogen and oxygen atoms in total. The molecule has 0 N–H and O–H groups in total. The Hall–Kier alpha value is -2.98. The molecule has 1 aromatic carbocycles. The van der Waals surface area contributed by atoms with E-state index in [1.807, 2.05) is 30.3 Å². The number of esters is 4. The van der Waals surface area contributed by atoms with Crippen molar-refractivity contribution in [2.45, 2.75) is 65.0 Å². The zero-order valence-electron chi connectivity index (χ0n) is 17.8. The number of hydrogen-bond donors (Lipinski definition) is 0. The summed E-state index contributed by atoms with van der Waals surface area (Å²) in [6, 6.07) is 9.31. The first-order chi connectivity index (χ1) is 14.7. The smallest absolute Gasteiger partial charge is 0.305 e. The fourth-order valence-corrected chi connectivity index (χ4v) is 3.11. The lowest BCUT2D eigenvalue weighted by Crippen LogP contribution is -2.63. The second kappa shape index (κ2) is 11.4. The third-order valence-electron chi connectivity index (χ3n) is 4.17. The van der Waals surface area contributed by atoms with Crippen molar-refractivity contribution in [3.63, 3.8) is 0 Å². The van der Waals surface area contributed by atoms with E-state index in [9.17, 15) is 19.2 Å². The molecule has 0 aliphatic carbocycles. The monoisotopic (exact) mass is 438 g/mol. The molecule has 1 saturated heterocycles. The van der Waals surface area contributed by atoms with Crippen LogP contribution in [0.25, 0.3) is 0 Å². The van der Waals surface area contributed by atoms with Crippen LogP contribution in [0.3, 0.4) is 0 Å². The van der Waals surface area contributed by atoms with E-state index in [-0.39, 0.29) is 13.2 Å². The van der Waals surface area contributed by atoms with Crippen LogP contribution in [0, 0.1) is 0 Å². The molecule has 1 heterocycles. The third kappa shape index (κ3) is 7.65. The van der Waals surface area contributed by atoms with Crippen molar-refractivity contribution in [1.29, 1.82) is 0 Å². The highest BCUT2D eigenvalue weighted by Gasteiger charge is 2.53. The Bertz CT molecular complexity index is 778. The molecule has 1 unspecified atom stereocenters. The van der Waals surface area contributed by atoms with Gasteiger partial charge in [0.2, 0.25) is 12.4 Å². The van der Waals surface area contributed by atoms with Gasteiger partial charge in [-0.2, -0.15) is 0 Å². The van der Waals surface area contributed by atoms with Gasteiger partial charge in [-0.1, -0.05) is 30.3 Å². The number of carbonyl (C=O) groups is 4. The Morgan fingerprint density at radius 3 is 1.81 bits per heavy atom. The second-order valence-corrected chi connectivity index (χ2v) is 6.88. The first kappa shape index (κ1) is 24.3. The SMILES string of the molecule is CC(=O)OC1O[C@H](COCc2ccccc2)[C@H](OC(C)=O)[C@H](OC(C)=O)[C@H]1OC(C)=O. The summed E-state index contributed by atoms with van der Waals surface area (Å²) in [7, 11) is 0. The van der Waals surface area contributed by atoms with Crippen LogP contribution in [0.5, 0.6) is 0 Å². The molecule has 1 aromatic rings. The zero-order chi connectivity index (χ0) is 23.0. The largest absolute Gasteiger partial charge is 0.456 e. The highest BCUT2D eigenvalue weighted by atomic mass is 16.7. The van der Waals surface area contributed by atoms with Gasteiger partial charge in [0, 0.05) is 27.7 Å². The predicted octanol–water partition coefficient (Wildman–Crippen LogP) is 1.29. The molecule has 0 bridgehead atoms. The average Bonchev–Trinajstić information content (AvgIpc) is 2.66. The molecule has 1 aliphatic rings. The molecule has 2 rings (SSSR count). The van der Waals surface area contributed by atoms with Crippen LogP contribution in [0.2, 0.25) is 0 Å². The lowest BCUT2D eigenvalue weighted by atomic mass is 9.98. The first-order valence-electron chi connectivity index (χ1n) is 9.63. The van der Waals surface area contributed by atoms with Gasteiger partial charge >= 0.3 is 23.9 Å². The number of hydrogen-bond acceptors (Lipinski definition) is 10. The van der Waals surface area contributed by atoms with E-state index in [0.717, 1.165) is 26.3 Å².